The Labute approximate surface area is 167 Å². The van der Waals surface area contributed by atoms with Crippen molar-refractivity contribution in [3.63, 3.8) is 0 Å². The average molecular weight is 428 g/mol. The number of hydrogen-bond acceptors (Lipinski definition) is 5. The highest BCUT2D eigenvalue weighted by molar-refractivity contribution is 8.18. The lowest BCUT2D eigenvalue weighted by Crippen LogP contribution is -2.19. The molecule has 1 N–H and O–H groups in total. The van der Waals surface area contributed by atoms with Crippen LogP contribution in [0.15, 0.2) is 40.2 Å². The Hall–Kier alpha value is -1.86. The van der Waals surface area contributed by atoms with Crippen LogP contribution in [0.3, 0.4) is 0 Å². The molecule has 4 rings (SSSR count). The molecule has 1 fully saturated rings. The quantitative estimate of drug-likeness (QED) is 0.664. The van der Waals surface area contributed by atoms with E-state index in [1.54, 1.807) is 36.4 Å². The number of benzene rings is 2. The van der Waals surface area contributed by atoms with E-state index in [-0.39, 0.29) is 12.7 Å². The summed E-state index contributed by atoms with van der Waals surface area (Å²) in [5, 5.41) is 4.28. The van der Waals surface area contributed by atoms with Gasteiger partial charge in [0, 0.05) is 6.07 Å². The van der Waals surface area contributed by atoms with E-state index in [1.165, 1.54) is 11.8 Å². The topological polar surface area (TPSA) is 59.9 Å². The molecule has 9 heteroatoms. The number of hydrogen-bond donors (Lipinski definition) is 1. The monoisotopic (exact) mass is 426 g/mol. The summed E-state index contributed by atoms with van der Waals surface area (Å²) in [5.74, 6) is 0.892. The Morgan fingerprint density at radius 3 is 2.69 bits per heavy atom. The Kier molecular flexibility index (Phi) is 4.75. The lowest BCUT2D eigenvalue weighted by Gasteiger charge is -2.02. The smallest absolute Gasteiger partial charge is 0.264 e. The molecule has 2 heterocycles. The molecule has 26 heavy (non-hydrogen) atoms. The first-order chi connectivity index (χ1) is 12.5. The van der Waals surface area contributed by atoms with Gasteiger partial charge < -0.3 is 14.8 Å². The van der Waals surface area contributed by atoms with Crippen LogP contribution in [0.25, 0.3) is 6.08 Å². The maximum Gasteiger partial charge on any atom is 0.264 e. The minimum Gasteiger partial charge on any atom is -0.454 e. The zero-order valence-electron chi connectivity index (χ0n) is 12.9. The molecule has 0 aromatic heterocycles. The van der Waals surface area contributed by atoms with Crippen LogP contribution >= 0.6 is 46.6 Å². The third kappa shape index (κ3) is 3.38. The minimum absolute atomic E-state index is 0.151. The summed E-state index contributed by atoms with van der Waals surface area (Å²) >= 11 is 19.6. The van der Waals surface area contributed by atoms with Crippen molar-refractivity contribution in [3.05, 3.63) is 55.9 Å². The van der Waals surface area contributed by atoms with Gasteiger partial charge in [-0.15, -0.1) is 0 Å². The number of aliphatic imine (C=N–C) groups is 1. The number of rotatable bonds is 2. The molecular weight excluding hydrogens is 419 g/mol. The van der Waals surface area contributed by atoms with Gasteiger partial charge in [0.25, 0.3) is 5.91 Å². The normalized spacial score (nSPS) is 18.7. The van der Waals surface area contributed by atoms with Crippen LogP contribution in [0.2, 0.25) is 15.1 Å². The van der Waals surface area contributed by atoms with Crippen molar-refractivity contribution in [2.75, 3.05) is 6.79 Å². The predicted octanol–water partition coefficient (Wildman–Crippen LogP) is 5.27. The summed E-state index contributed by atoms with van der Waals surface area (Å²) in [7, 11) is 0. The molecule has 132 valence electrons. The number of carbonyl (C=O) groups is 1. The van der Waals surface area contributed by atoms with Crippen LogP contribution < -0.4 is 14.8 Å². The molecule has 0 aliphatic carbocycles. The van der Waals surface area contributed by atoms with Gasteiger partial charge in [0.2, 0.25) is 6.79 Å². The van der Waals surface area contributed by atoms with Gasteiger partial charge in [-0.1, -0.05) is 40.9 Å². The van der Waals surface area contributed by atoms with Gasteiger partial charge in [-0.2, -0.15) is 0 Å². The lowest BCUT2D eigenvalue weighted by molar-refractivity contribution is -0.115. The van der Waals surface area contributed by atoms with E-state index in [0.29, 0.717) is 47.9 Å². The molecule has 2 aromatic rings. The number of nitrogens with one attached hydrogen (secondary N) is 1. The van der Waals surface area contributed by atoms with Gasteiger partial charge in [0.1, 0.15) is 0 Å². The first-order valence-electron chi connectivity index (χ1n) is 7.34. The van der Waals surface area contributed by atoms with Crippen LogP contribution in [0, 0.1) is 0 Å². The van der Waals surface area contributed by atoms with E-state index >= 15 is 0 Å². The first-order valence-corrected chi connectivity index (χ1v) is 9.29. The summed E-state index contributed by atoms with van der Waals surface area (Å²) < 4.78 is 10.6. The van der Waals surface area contributed by atoms with Gasteiger partial charge >= 0.3 is 0 Å². The largest absolute Gasteiger partial charge is 0.454 e. The zero-order valence-corrected chi connectivity index (χ0v) is 16.0. The van der Waals surface area contributed by atoms with Gasteiger partial charge in [0.05, 0.1) is 25.7 Å². The van der Waals surface area contributed by atoms with Crippen molar-refractivity contribution in [1.82, 2.24) is 5.32 Å². The highest BCUT2D eigenvalue weighted by atomic mass is 35.5. The van der Waals surface area contributed by atoms with E-state index in [1.807, 2.05) is 0 Å². The van der Waals surface area contributed by atoms with Gasteiger partial charge in [-0.25, -0.2) is 4.99 Å². The number of halogens is 3. The molecule has 1 amide bonds. The number of amides is 1. The Morgan fingerprint density at radius 2 is 1.88 bits per heavy atom. The Balaban J connectivity index is 1.63. The molecule has 0 atom stereocenters. The first kappa shape index (κ1) is 17.5. The van der Waals surface area contributed by atoms with Crippen LogP contribution in [-0.2, 0) is 4.79 Å². The fourth-order valence-corrected chi connectivity index (χ4v) is 3.73. The second-order valence-electron chi connectivity index (χ2n) is 5.28. The van der Waals surface area contributed by atoms with E-state index in [2.05, 4.69) is 10.3 Å². The molecule has 1 saturated heterocycles. The van der Waals surface area contributed by atoms with E-state index in [4.69, 9.17) is 44.3 Å². The van der Waals surface area contributed by atoms with Crippen LogP contribution in [-0.4, -0.2) is 17.9 Å². The molecule has 2 aliphatic heterocycles. The molecule has 0 spiro atoms. The molecule has 0 radical (unpaired) electrons. The lowest BCUT2D eigenvalue weighted by atomic mass is 10.2. The van der Waals surface area contributed by atoms with Crippen molar-refractivity contribution in [1.29, 1.82) is 0 Å². The highest BCUT2D eigenvalue weighted by Crippen LogP contribution is 2.39. The van der Waals surface area contributed by atoms with Crippen molar-refractivity contribution >= 4 is 69.4 Å². The van der Waals surface area contributed by atoms with Gasteiger partial charge in [0.15, 0.2) is 16.7 Å². The summed E-state index contributed by atoms with van der Waals surface area (Å²) in [6, 6.07) is 8.51. The third-order valence-corrected chi connectivity index (χ3v) is 5.63. The summed E-state index contributed by atoms with van der Waals surface area (Å²) in [4.78, 5) is 17.0. The van der Waals surface area contributed by atoms with Crippen molar-refractivity contribution < 1.29 is 14.3 Å². The van der Waals surface area contributed by atoms with Crippen molar-refractivity contribution in [2.24, 2.45) is 4.99 Å². The number of fused-ring (bicyclic) bond motifs is 1. The molecule has 2 aromatic carbocycles. The van der Waals surface area contributed by atoms with Crippen molar-refractivity contribution in [2.45, 2.75) is 0 Å². The van der Waals surface area contributed by atoms with Crippen LogP contribution in [0.5, 0.6) is 11.5 Å². The Bertz CT molecular complexity index is 991. The number of ether oxygens (including phenoxy) is 2. The van der Waals surface area contributed by atoms with E-state index < -0.39 is 0 Å². The Morgan fingerprint density at radius 1 is 1.12 bits per heavy atom. The number of amidine groups is 1. The summed E-state index contributed by atoms with van der Waals surface area (Å²) in [6.45, 7) is 0.151. The standard InChI is InChI=1S/C17H9Cl3N2O3S/c18-9-2-1-3-11(15(9)20)21-17-22-16(23)14(26-17)5-8-4-12-13(6-10(8)19)25-7-24-12/h1-6H,7H2,(H,21,22,23)/b14-5+. The number of nitrogens with zero attached hydrogens (tertiary/aromatic N) is 1. The third-order valence-electron chi connectivity index (χ3n) is 3.58. The zero-order chi connectivity index (χ0) is 18.3. The predicted molar refractivity (Wildman–Crippen MR) is 105 cm³/mol. The van der Waals surface area contributed by atoms with E-state index in [9.17, 15) is 4.79 Å². The van der Waals surface area contributed by atoms with E-state index in [0.717, 1.165) is 0 Å². The van der Waals surface area contributed by atoms with Crippen LogP contribution in [0.1, 0.15) is 5.56 Å². The van der Waals surface area contributed by atoms with Gasteiger partial charge in [-0.05, 0) is 41.6 Å². The SMILES string of the molecule is O=C1NC(=Nc2cccc(Cl)c2Cl)S/C1=C/c1cc2c(cc1Cl)OCO2. The number of carbonyl (C=O) groups excluding carboxylic acids is 1. The molecule has 0 bridgehead atoms. The molecule has 0 saturated carbocycles. The summed E-state index contributed by atoms with van der Waals surface area (Å²) in [6.07, 6.45) is 1.67. The highest BCUT2D eigenvalue weighted by Gasteiger charge is 2.25. The number of thioether (sulfide) groups is 1. The maximum absolute atomic E-state index is 12.2. The second kappa shape index (κ2) is 7.04. The fourth-order valence-electron chi connectivity index (χ4n) is 2.35. The maximum atomic E-state index is 12.2. The van der Waals surface area contributed by atoms with Gasteiger partial charge in [-0.3, -0.25) is 4.79 Å². The second-order valence-corrected chi connectivity index (χ2v) is 7.50. The minimum atomic E-state index is -0.277. The van der Waals surface area contributed by atoms with Crippen molar-refractivity contribution in [3.8, 4) is 11.5 Å². The fraction of sp³-hybridized carbons (Fsp3) is 0.0588. The molecule has 5 nitrogen and oxygen atoms in total. The summed E-state index contributed by atoms with van der Waals surface area (Å²) in [5.41, 5.74) is 1.12. The van der Waals surface area contributed by atoms with Crippen LogP contribution in [0.4, 0.5) is 5.69 Å². The average Bonchev–Trinajstić information content (AvgIpc) is 3.18. The molecule has 2 aliphatic rings. The molecular formula is C17H9Cl3N2O3S. The molecule has 0 unspecified atom stereocenters.